The second-order valence-electron chi connectivity index (χ2n) is 4.65. The molecule has 0 saturated heterocycles. The predicted molar refractivity (Wildman–Crippen MR) is 79.9 cm³/mol. The molecule has 19 heavy (non-hydrogen) atoms. The predicted octanol–water partition coefficient (Wildman–Crippen LogP) is 2.18. The van der Waals surface area contributed by atoms with E-state index in [1.807, 2.05) is 0 Å². The van der Waals surface area contributed by atoms with E-state index >= 15 is 0 Å². The molecule has 106 valence electrons. The Hall–Kier alpha value is -0.570. The molecule has 1 aromatic rings. The number of halogens is 2. The van der Waals surface area contributed by atoms with Gasteiger partial charge >= 0.3 is 0 Å². The van der Waals surface area contributed by atoms with Crippen LogP contribution in [-0.2, 0) is 10.0 Å². The van der Waals surface area contributed by atoms with Crippen molar-refractivity contribution in [2.75, 3.05) is 6.54 Å². The van der Waals surface area contributed by atoms with Crippen LogP contribution in [0.15, 0.2) is 27.6 Å². The van der Waals surface area contributed by atoms with Crippen LogP contribution in [0.25, 0.3) is 0 Å². The highest BCUT2D eigenvalue weighted by molar-refractivity contribution is 9.10. The van der Waals surface area contributed by atoms with E-state index in [-0.39, 0.29) is 11.5 Å². The molecule has 1 rings (SSSR count). The maximum atomic E-state index is 13.6. The smallest absolute Gasteiger partial charge is 0.243 e. The van der Waals surface area contributed by atoms with Crippen LogP contribution in [0, 0.1) is 11.2 Å². The number of nitrogens with two attached hydrogens (primary N) is 1. The van der Waals surface area contributed by atoms with Gasteiger partial charge in [0.2, 0.25) is 10.0 Å². The molecular formula is C11H14BrFN2O2S2. The summed E-state index contributed by atoms with van der Waals surface area (Å²) in [7, 11) is -3.94. The van der Waals surface area contributed by atoms with Gasteiger partial charge in [0, 0.05) is 16.4 Å². The minimum Gasteiger partial charge on any atom is -0.393 e. The first-order chi connectivity index (χ1) is 8.56. The van der Waals surface area contributed by atoms with E-state index in [0.29, 0.717) is 4.47 Å². The molecule has 0 spiro atoms. The monoisotopic (exact) mass is 368 g/mol. The molecule has 0 bridgehead atoms. The van der Waals surface area contributed by atoms with Gasteiger partial charge in [0.15, 0.2) is 0 Å². The lowest BCUT2D eigenvalue weighted by Gasteiger charge is -2.23. The molecule has 0 aliphatic rings. The Labute approximate surface area is 125 Å². The SMILES string of the molecule is CC(C)(CNS(=O)(=O)c1ccc(Br)cc1F)C(N)=S. The number of hydrogen-bond acceptors (Lipinski definition) is 3. The van der Waals surface area contributed by atoms with E-state index in [4.69, 9.17) is 18.0 Å². The van der Waals surface area contributed by atoms with Crippen LogP contribution in [0.1, 0.15) is 13.8 Å². The zero-order valence-electron chi connectivity index (χ0n) is 10.4. The third kappa shape index (κ3) is 4.20. The Morgan fingerprint density at radius 1 is 1.53 bits per heavy atom. The van der Waals surface area contributed by atoms with Gasteiger partial charge in [-0.3, -0.25) is 0 Å². The van der Waals surface area contributed by atoms with E-state index in [0.717, 1.165) is 6.07 Å². The van der Waals surface area contributed by atoms with Gasteiger partial charge in [0.1, 0.15) is 10.7 Å². The van der Waals surface area contributed by atoms with E-state index in [9.17, 15) is 12.8 Å². The second kappa shape index (κ2) is 5.82. The first kappa shape index (κ1) is 16.5. The molecule has 0 saturated carbocycles. The summed E-state index contributed by atoms with van der Waals surface area (Å²) in [6.45, 7) is 3.41. The summed E-state index contributed by atoms with van der Waals surface area (Å²) in [5.41, 5.74) is 4.82. The summed E-state index contributed by atoms with van der Waals surface area (Å²) in [4.78, 5) is -0.221. The van der Waals surface area contributed by atoms with Crippen molar-refractivity contribution < 1.29 is 12.8 Å². The first-order valence-corrected chi connectivity index (χ1v) is 7.99. The molecule has 0 unspecified atom stereocenters. The summed E-state index contributed by atoms with van der Waals surface area (Å²) in [6.07, 6.45) is 0. The molecule has 0 atom stereocenters. The summed E-state index contributed by atoms with van der Waals surface area (Å²) in [5.74, 6) is -0.824. The lowest BCUT2D eigenvalue weighted by molar-refractivity contribution is 0.497. The molecule has 0 aliphatic heterocycles. The Balaban J connectivity index is 2.97. The van der Waals surface area contributed by atoms with Gasteiger partial charge in [-0.2, -0.15) is 0 Å². The van der Waals surface area contributed by atoms with E-state index < -0.39 is 26.2 Å². The van der Waals surface area contributed by atoms with Gasteiger partial charge < -0.3 is 5.73 Å². The normalized spacial score (nSPS) is 12.4. The van der Waals surface area contributed by atoms with Crippen molar-refractivity contribution in [3.8, 4) is 0 Å². The summed E-state index contributed by atoms with van der Waals surface area (Å²) >= 11 is 7.91. The van der Waals surface area contributed by atoms with Crippen LogP contribution in [0.4, 0.5) is 4.39 Å². The van der Waals surface area contributed by atoms with Crippen molar-refractivity contribution in [2.24, 2.45) is 11.1 Å². The minimum atomic E-state index is -3.94. The fourth-order valence-corrected chi connectivity index (χ4v) is 2.81. The van der Waals surface area contributed by atoms with Crippen molar-refractivity contribution >= 4 is 43.2 Å². The largest absolute Gasteiger partial charge is 0.393 e. The number of nitrogens with one attached hydrogen (secondary N) is 1. The van der Waals surface area contributed by atoms with Crippen LogP contribution < -0.4 is 10.5 Å². The van der Waals surface area contributed by atoms with E-state index in [2.05, 4.69) is 20.7 Å². The van der Waals surface area contributed by atoms with Crippen LogP contribution in [0.2, 0.25) is 0 Å². The highest BCUT2D eigenvalue weighted by Gasteiger charge is 2.26. The van der Waals surface area contributed by atoms with Crippen LogP contribution in [-0.4, -0.2) is 20.0 Å². The molecule has 0 radical (unpaired) electrons. The topological polar surface area (TPSA) is 72.2 Å². The van der Waals surface area contributed by atoms with E-state index in [1.165, 1.54) is 12.1 Å². The van der Waals surface area contributed by atoms with Crippen LogP contribution >= 0.6 is 28.1 Å². The highest BCUT2D eigenvalue weighted by Crippen LogP contribution is 2.20. The molecule has 8 heteroatoms. The van der Waals surface area contributed by atoms with E-state index in [1.54, 1.807) is 13.8 Å². The Bertz CT molecular complexity index is 603. The lowest BCUT2D eigenvalue weighted by Crippen LogP contribution is -2.41. The summed E-state index contributed by atoms with van der Waals surface area (Å²) in [6, 6.07) is 3.74. The van der Waals surface area contributed by atoms with Gasteiger partial charge in [0.25, 0.3) is 0 Å². The molecule has 0 amide bonds. The van der Waals surface area contributed by atoms with Gasteiger partial charge in [-0.1, -0.05) is 42.0 Å². The number of rotatable bonds is 5. The first-order valence-electron chi connectivity index (χ1n) is 5.31. The van der Waals surface area contributed by atoms with Gasteiger partial charge in [-0.15, -0.1) is 0 Å². The number of hydrogen-bond donors (Lipinski definition) is 2. The molecule has 0 fully saturated rings. The van der Waals surface area contributed by atoms with Crippen molar-refractivity contribution in [3.05, 3.63) is 28.5 Å². The number of benzene rings is 1. The third-order valence-electron chi connectivity index (χ3n) is 2.55. The zero-order valence-corrected chi connectivity index (χ0v) is 13.6. The van der Waals surface area contributed by atoms with Crippen molar-refractivity contribution in [3.63, 3.8) is 0 Å². The van der Waals surface area contributed by atoms with Crippen molar-refractivity contribution in [1.82, 2.24) is 4.72 Å². The number of sulfonamides is 1. The summed E-state index contributed by atoms with van der Waals surface area (Å²) < 4.78 is 40.4. The number of thiocarbonyl (C=S) groups is 1. The zero-order chi connectivity index (χ0) is 14.8. The Kier molecular flexibility index (Phi) is 5.05. The van der Waals surface area contributed by atoms with Crippen molar-refractivity contribution in [2.45, 2.75) is 18.7 Å². The maximum absolute atomic E-state index is 13.6. The lowest BCUT2D eigenvalue weighted by atomic mass is 9.94. The molecule has 3 N–H and O–H groups in total. The highest BCUT2D eigenvalue weighted by atomic mass is 79.9. The third-order valence-corrected chi connectivity index (χ3v) is 5.03. The standard InChI is InChI=1S/C11H14BrFN2O2S2/c1-11(2,10(14)18)6-15-19(16,17)9-4-3-7(12)5-8(9)13/h3-5,15H,6H2,1-2H3,(H2,14,18). The average molecular weight is 369 g/mol. The second-order valence-corrected chi connectivity index (χ2v) is 7.74. The fourth-order valence-electron chi connectivity index (χ4n) is 1.13. The van der Waals surface area contributed by atoms with Gasteiger partial charge in [-0.25, -0.2) is 17.5 Å². The molecule has 0 heterocycles. The molecule has 0 aromatic heterocycles. The van der Waals surface area contributed by atoms with Gasteiger partial charge in [-0.05, 0) is 18.2 Å². The molecular weight excluding hydrogens is 355 g/mol. The Morgan fingerprint density at radius 2 is 2.11 bits per heavy atom. The fraction of sp³-hybridized carbons (Fsp3) is 0.364. The Morgan fingerprint density at radius 3 is 2.58 bits per heavy atom. The van der Waals surface area contributed by atoms with Crippen LogP contribution in [0.5, 0.6) is 0 Å². The van der Waals surface area contributed by atoms with Crippen LogP contribution in [0.3, 0.4) is 0 Å². The molecule has 0 aliphatic carbocycles. The maximum Gasteiger partial charge on any atom is 0.243 e. The quantitative estimate of drug-likeness (QED) is 0.781. The summed E-state index contributed by atoms with van der Waals surface area (Å²) in [5, 5.41) is 0. The molecule has 4 nitrogen and oxygen atoms in total. The minimum absolute atomic E-state index is 0.000169. The van der Waals surface area contributed by atoms with Crippen molar-refractivity contribution in [1.29, 1.82) is 0 Å². The average Bonchev–Trinajstić information content (AvgIpc) is 2.26. The molecule has 1 aromatic carbocycles. The van der Waals surface area contributed by atoms with Gasteiger partial charge in [0.05, 0.1) is 4.99 Å².